The molecule has 1 N–H and O–H groups in total. The van der Waals surface area contributed by atoms with E-state index in [1.54, 1.807) is 32.5 Å². The van der Waals surface area contributed by atoms with E-state index in [-0.39, 0.29) is 0 Å². The van der Waals surface area contributed by atoms with Crippen LogP contribution in [0.5, 0.6) is 0 Å². The first-order valence-electron chi connectivity index (χ1n) is 6.16. The highest BCUT2D eigenvalue weighted by Gasteiger charge is 2.27. The summed E-state index contributed by atoms with van der Waals surface area (Å²) in [5.74, 6) is 0. The number of aromatic nitrogens is 1. The third kappa shape index (κ3) is 3.73. The summed E-state index contributed by atoms with van der Waals surface area (Å²) in [4.78, 5) is 4.53. The maximum absolute atomic E-state index is 10.4. The molecule has 0 aliphatic heterocycles. The molecule has 1 unspecified atom stereocenters. The van der Waals surface area contributed by atoms with Gasteiger partial charge in [-0.1, -0.05) is 12.1 Å². The van der Waals surface area contributed by atoms with Crippen LogP contribution in [0.3, 0.4) is 0 Å². The van der Waals surface area contributed by atoms with Crippen molar-refractivity contribution in [1.82, 2.24) is 4.98 Å². The van der Waals surface area contributed by atoms with Gasteiger partial charge in [-0.3, -0.25) is 0 Å². The molecule has 0 aliphatic rings. The molecular formula is C14H19NO3S. The molecule has 104 valence electrons. The zero-order chi connectivity index (χ0) is 13.9. The summed E-state index contributed by atoms with van der Waals surface area (Å²) >= 11 is 1.61. The van der Waals surface area contributed by atoms with Crippen molar-refractivity contribution in [2.45, 2.75) is 31.7 Å². The summed E-state index contributed by atoms with van der Waals surface area (Å²) < 4.78 is 11.4. The van der Waals surface area contributed by atoms with Gasteiger partial charge in [-0.2, -0.15) is 0 Å². The van der Waals surface area contributed by atoms with Gasteiger partial charge in [-0.15, -0.1) is 11.3 Å². The third-order valence-corrected chi connectivity index (χ3v) is 4.04. The number of benzene rings is 1. The predicted molar refractivity (Wildman–Crippen MR) is 76.4 cm³/mol. The van der Waals surface area contributed by atoms with Gasteiger partial charge in [0.25, 0.3) is 0 Å². The fraction of sp³-hybridized carbons (Fsp3) is 0.500. The van der Waals surface area contributed by atoms with Gasteiger partial charge in [0.1, 0.15) is 0 Å². The molecule has 0 spiro atoms. The van der Waals surface area contributed by atoms with E-state index in [4.69, 9.17) is 9.47 Å². The van der Waals surface area contributed by atoms with Crippen LogP contribution in [0.4, 0.5) is 0 Å². The Kier molecular flexibility index (Phi) is 4.52. The van der Waals surface area contributed by atoms with Crippen molar-refractivity contribution in [2.24, 2.45) is 0 Å². The van der Waals surface area contributed by atoms with Crippen molar-refractivity contribution in [2.75, 3.05) is 14.2 Å². The van der Waals surface area contributed by atoms with E-state index in [2.05, 4.69) is 4.98 Å². The Bertz CT molecular complexity index is 501. The fourth-order valence-corrected chi connectivity index (χ4v) is 3.16. The minimum absolute atomic E-state index is 0.399. The topological polar surface area (TPSA) is 51.6 Å². The molecule has 19 heavy (non-hydrogen) atoms. The van der Waals surface area contributed by atoms with Crippen LogP contribution in [-0.2, 0) is 15.9 Å². The Morgan fingerprint density at radius 3 is 2.63 bits per heavy atom. The summed E-state index contributed by atoms with van der Waals surface area (Å²) in [5.41, 5.74) is 0.0817. The molecule has 2 aromatic rings. The van der Waals surface area contributed by atoms with Crippen molar-refractivity contribution in [3.63, 3.8) is 0 Å². The van der Waals surface area contributed by atoms with Crippen molar-refractivity contribution in [3.05, 3.63) is 29.3 Å². The average molecular weight is 281 g/mol. The van der Waals surface area contributed by atoms with Gasteiger partial charge < -0.3 is 14.6 Å². The van der Waals surface area contributed by atoms with Gasteiger partial charge in [0.15, 0.2) is 6.29 Å². The molecule has 4 nitrogen and oxygen atoms in total. The highest BCUT2D eigenvalue weighted by Crippen LogP contribution is 2.27. The number of hydrogen-bond donors (Lipinski definition) is 1. The lowest BCUT2D eigenvalue weighted by Crippen LogP contribution is -2.33. The maximum atomic E-state index is 10.4. The lowest BCUT2D eigenvalue weighted by Gasteiger charge is -2.26. The van der Waals surface area contributed by atoms with Crippen LogP contribution >= 0.6 is 11.3 Å². The van der Waals surface area contributed by atoms with E-state index in [9.17, 15) is 5.11 Å². The largest absolute Gasteiger partial charge is 0.390 e. The second-order valence-corrected chi connectivity index (χ2v) is 5.97. The molecule has 2 rings (SSSR count). The first-order chi connectivity index (χ1) is 9.04. The first kappa shape index (κ1) is 14.4. The van der Waals surface area contributed by atoms with Gasteiger partial charge >= 0.3 is 0 Å². The highest BCUT2D eigenvalue weighted by atomic mass is 32.1. The smallest absolute Gasteiger partial charge is 0.159 e. The van der Waals surface area contributed by atoms with Crippen LogP contribution in [0.15, 0.2) is 24.3 Å². The summed E-state index contributed by atoms with van der Waals surface area (Å²) in [6.45, 7) is 1.78. The van der Waals surface area contributed by atoms with E-state index in [0.717, 1.165) is 15.2 Å². The molecule has 0 fully saturated rings. The molecule has 1 atom stereocenters. The van der Waals surface area contributed by atoms with Crippen LogP contribution < -0.4 is 0 Å². The van der Waals surface area contributed by atoms with E-state index >= 15 is 0 Å². The van der Waals surface area contributed by atoms with Crippen LogP contribution in [0.25, 0.3) is 10.2 Å². The maximum Gasteiger partial charge on any atom is 0.159 e. The second kappa shape index (κ2) is 5.96. The van der Waals surface area contributed by atoms with Crippen molar-refractivity contribution in [3.8, 4) is 0 Å². The van der Waals surface area contributed by atoms with E-state index in [1.165, 1.54) is 0 Å². The molecular weight excluding hydrogens is 262 g/mol. The molecule has 0 aliphatic carbocycles. The molecule has 0 amide bonds. The Labute approximate surface area is 117 Å². The number of rotatable bonds is 6. The van der Waals surface area contributed by atoms with Gasteiger partial charge in [0.05, 0.1) is 20.8 Å². The van der Waals surface area contributed by atoms with Gasteiger partial charge in [0, 0.05) is 27.1 Å². The monoisotopic (exact) mass is 281 g/mol. The normalized spacial score (nSPS) is 15.0. The Morgan fingerprint density at radius 1 is 1.32 bits per heavy atom. The quantitative estimate of drug-likeness (QED) is 0.827. The van der Waals surface area contributed by atoms with E-state index in [0.29, 0.717) is 12.8 Å². The number of hydrogen-bond acceptors (Lipinski definition) is 5. The number of fused-ring (bicyclic) bond motifs is 1. The van der Waals surface area contributed by atoms with E-state index in [1.807, 2.05) is 24.3 Å². The molecule has 0 saturated heterocycles. The summed E-state index contributed by atoms with van der Waals surface area (Å²) in [6, 6.07) is 7.99. The zero-order valence-corrected chi connectivity index (χ0v) is 12.2. The second-order valence-electron chi connectivity index (χ2n) is 4.85. The Balaban J connectivity index is 2.10. The molecule has 0 bridgehead atoms. The van der Waals surface area contributed by atoms with Crippen LogP contribution in [0.1, 0.15) is 18.4 Å². The number of para-hydroxylation sites is 1. The fourth-order valence-electron chi connectivity index (χ4n) is 2.02. The summed E-state index contributed by atoms with van der Waals surface area (Å²) in [7, 11) is 3.14. The van der Waals surface area contributed by atoms with Crippen LogP contribution in [-0.4, -0.2) is 36.2 Å². The Morgan fingerprint density at radius 2 is 2.00 bits per heavy atom. The number of nitrogens with zero attached hydrogens (tertiary/aromatic N) is 1. The number of methoxy groups -OCH3 is 2. The molecule has 1 aromatic heterocycles. The third-order valence-electron chi connectivity index (χ3n) is 3.00. The summed E-state index contributed by atoms with van der Waals surface area (Å²) in [6.07, 6.45) is 0.510. The van der Waals surface area contributed by atoms with Crippen molar-refractivity contribution < 1.29 is 14.6 Å². The molecule has 1 heterocycles. The van der Waals surface area contributed by atoms with Gasteiger partial charge in [-0.05, 0) is 19.1 Å². The predicted octanol–water partition coefficient (Wildman–Crippen LogP) is 2.60. The first-order valence-corrected chi connectivity index (χ1v) is 6.98. The molecule has 1 aromatic carbocycles. The van der Waals surface area contributed by atoms with Crippen LogP contribution in [0, 0.1) is 0 Å². The number of thiazole rings is 1. The molecule has 0 radical (unpaired) electrons. The van der Waals surface area contributed by atoms with Crippen molar-refractivity contribution >= 4 is 21.6 Å². The number of ether oxygens (including phenoxy) is 2. The van der Waals surface area contributed by atoms with E-state index < -0.39 is 11.9 Å². The lowest BCUT2D eigenvalue weighted by atomic mass is 9.98. The minimum Gasteiger partial charge on any atom is -0.390 e. The van der Waals surface area contributed by atoms with Gasteiger partial charge in [0.2, 0.25) is 0 Å². The zero-order valence-electron chi connectivity index (χ0n) is 11.4. The highest BCUT2D eigenvalue weighted by molar-refractivity contribution is 7.18. The molecule has 5 heteroatoms. The van der Waals surface area contributed by atoms with Crippen LogP contribution in [0.2, 0.25) is 0 Å². The SMILES string of the molecule is COC(CC(C)(O)Cc1nc2ccccc2s1)OC. The minimum atomic E-state index is -0.898. The lowest BCUT2D eigenvalue weighted by molar-refractivity contribution is -0.139. The Hall–Kier alpha value is -1.01. The standard InChI is InChI=1S/C14H19NO3S/c1-14(16,9-13(17-2)18-3)8-12-15-10-6-4-5-7-11(10)19-12/h4-7,13,16H,8-9H2,1-3H3. The molecule has 0 saturated carbocycles. The van der Waals surface area contributed by atoms with Gasteiger partial charge in [-0.25, -0.2) is 4.98 Å². The van der Waals surface area contributed by atoms with Crippen molar-refractivity contribution in [1.29, 1.82) is 0 Å². The average Bonchev–Trinajstić information content (AvgIpc) is 2.77. The number of aliphatic hydroxyl groups is 1. The summed E-state index contributed by atoms with van der Waals surface area (Å²) in [5, 5.41) is 11.4.